The first kappa shape index (κ1) is 17.9. The molecule has 0 radical (unpaired) electrons. The lowest BCUT2D eigenvalue weighted by Crippen LogP contribution is -2.21. The minimum atomic E-state index is 0.0327. The van der Waals surface area contributed by atoms with Crippen LogP contribution in [-0.4, -0.2) is 37.6 Å². The molecule has 0 saturated carbocycles. The molecule has 0 saturated heterocycles. The van der Waals surface area contributed by atoms with Gasteiger partial charge in [-0.15, -0.1) is 0 Å². The molecule has 0 heterocycles. The van der Waals surface area contributed by atoms with Gasteiger partial charge in [-0.05, 0) is 49.6 Å². The van der Waals surface area contributed by atoms with E-state index in [1.807, 2.05) is 12.1 Å². The molecule has 1 rings (SSSR count). The summed E-state index contributed by atoms with van der Waals surface area (Å²) in [4.78, 5) is 0. The Morgan fingerprint density at radius 1 is 1.15 bits per heavy atom. The van der Waals surface area contributed by atoms with Crippen LogP contribution in [0.15, 0.2) is 21.1 Å². The van der Waals surface area contributed by atoms with Crippen molar-refractivity contribution in [1.82, 2.24) is 5.32 Å². The van der Waals surface area contributed by atoms with Gasteiger partial charge in [0.15, 0.2) is 0 Å². The van der Waals surface area contributed by atoms with E-state index in [0.717, 1.165) is 21.2 Å². The second kappa shape index (κ2) is 9.73. The summed E-state index contributed by atoms with van der Waals surface area (Å²) in [6.07, 6.45) is 0. The van der Waals surface area contributed by atoms with Crippen LogP contribution in [0.25, 0.3) is 0 Å². The molecule has 2 N–H and O–H groups in total. The van der Waals surface area contributed by atoms with Crippen molar-refractivity contribution in [3.8, 4) is 5.75 Å². The third-order valence-corrected chi connectivity index (χ3v) is 3.66. The predicted octanol–water partition coefficient (Wildman–Crippen LogP) is 3.10. The summed E-state index contributed by atoms with van der Waals surface area (Å²) < 4.78 is 12.7. The highest BCUT2D eigenvalue weighted by atomic mass is 79.9. The van der Waals surface area contributed by atoms with Gasteiger partial charge >= 0.3 is 0 Å². The number of ether oxygens (including phenoxy) is 2. The number of rotatable bonds is 9. The lowest BCUT2D eigenvalue weighted by molar-refractivity contribution is 0.0702. The average molecular weight is 411 g/mol. The number of hydrogen-bond donors (Lipinski definition) is 2. The van der Waals surface area contributed by atoms with Crippen molar-refractivity contribution >= 4 is 31.9 Å². The Kier molecular flexibility index (Phi) is 8.72. The van der Waals surface area contributed by atoms with E-state index < -0.39 is 0 Å². The first-order chi connectivity index (χ1) is 9.54. The molecule has 0 amide bonds. The van der Waals surface area contributed by atoms with Crippen molar-refractivity contribution in [2.75, 3.05) is 26.4 Å². The van der Waals surface area contributed by atoms with E-state index in [1.54, 1.807) is 0 Å². The molecule has 0 aromatic heterocycles. The van der Waals surface area contributed by atoms with Crippen LogP contribution < -0.4 is 10.1 Å². The van der Waals surface area contributed by atoms with Crippen molar-refractivity contribution in [2.45, 2.75) is 26.4 Å². The van der Waals surface area contributed by atoms with Crippen molar-refractivity contribution in [3.63, 3.8) is 0 Å². The molecule has 0 unspecified atom stereocenters. The number of aliphatic hydroxyl groups excluding tert-OH is 1. The standard InChI is InChI=1S/C14H21Br2NO3/c1-10(2)17-9-11-7-12(15)14(13(16)8-11)20-6-5-19-4-3-18/h7-8,10,17-18H,3-6,9H2,1-2H3. The van der Waals surface area contributed by atoms with Gasteiger partial charge in [-0.2, -0.15) is 0 Å². The normalized spacial score (nSPS) is 11.1. The maximum Gasteiger partial charge on any atom is 0.147 e. The molecule has 0 bridgehead atoms. The summed E-state index contributed by atoms with van der Waals surface area (Å²) in [5.74, 6) is 0.769. The molecule has 0 spiro atoms. The maximum absolute atomic E-state index is 8.60. The van der Waals surface area contributed by atoms with E-state index in [9.17, 15) is 0 Å². The predicted molar refractivity (Wildman–Crippen MR) is 87.2 cm³/mol. The Morgan fingerprint density at radius 2 is 1.80 bits per heavy atom. The van der Waals surface area contributed by atoms with Crippen LogP contribution in [0.2, 0.25) is 0 Å². The zero-order chi connectivity index (χ0) is 15.0. The van der Waals surface area contributed by atoms with Gasteiger partial charge in [0.2, 0.25) is 0 Å². The van der Waals surface area contributed by atoms with E-state index in [-0.39, 0.29) is 6.61 Å². The highest BCUT2D eigenvalue weighted by molar-refractivity contribution is 9.11. The number of benzene rings is 1. The van der Waals surface area contributed by atoms with Gasteiger partial charge in [0, 0.05) is 12.6 Å². The second-order valence-corrected chi connectivity index (χ2v) is 6.32. The fourth-order valence-electron chi connectivity index (χ4n) is 1.54. The molecule has 1 aromatic carbocycles. The Balaban J connectivity index is 2.55. The summed E-state index contributed by atoms with van der Waals surface area (Å²) in [5.41, 5.74) is 1.18. The highest BCUT2D eigenvalue weighted by Crippen LogP contribution is 2.34. The van der Waals surface area contributed by atoms with Crippen LogP contribution in [-0.2, 0) is 11.3 Å². The minimum Gasteiger partial charge on any atom is -0.489 e. The number of halogens is 2. The lowest BCUT2D eigenvalue weighted by Gasteiger charge is -2.13. The summed E-state index contributed by atoms with van der Waals surface area (Å²) in [7, 11) is 0. The smallest absolute Gasteiger partial charge is 0.147 e. The summed E-state index contributed by atoms with van der Waals surface area (Å²) >= 11 is 7.05. The minimum absolute atomic E-state index is 0.0327. The summed E-state index contributed by atoms with van der Waals surface area (Å²) in [6.45, 7) is 6.32. The molecule has 20 heavy (non-hydrogen) atoms. The van der Waals surface area contributed by atoms with Crippen molar-refractivity contribution in [1.29, 1.82) is 0 Å². The third-order valence-electron chi connectivity index (χ3n) is 2.48. The van der Waals surface area contributed by atoms with E-state index in [4.69, 9.17) is 14.6 Å². The molecule has 1 aromatic rings. The number of hydrogen-bond acceptors (Lipinski definition) is 4. The van der Waals surface area contributed by atoms with Gasteiger partial charge in [0.05, 0.1) is 28.8 Å². The molecule has 0 atom stereocenters. The first-order valence-corrected chi connectivity index (χ1v) is 8.16. The maximum atomic E-state index is 8.60. The second-order valence-electron chi connectivity index (χ2n) is 4.61. The monoisotopic (exact) mass is 409 g/mol. The number of aliphatic hydroxyl groups is 1. The molecule has 4 nitrogen and oxygen atoms in total. The molecule has 0 aliphatic heterocycles. The van der Waals surface area contributed by atoms with Crippen LogP contribution >= 0.6 is 31.9 Å². The van der Waals surface area contributed by atoms with Gasteiger partial charge in [0.1, 0.15) is 12.4 Å². The van der Waals surface area contributed by atoms with Gasteiger partial charge in [-0.3, -0.25) is 0 Å². The van der Waals surface area contributed by atoms with Crippen LogP contribution in [0.3, 0.4) is 0 Å². The molecular weight excluding hydrogens is 390 g/mol. The fraction of sp³-hybridized carbons (Fsp3) is 0.571. The Morgan fingerprint density at radius 3 is 2.35 bits per heavy atom. The third kappa shape index (κ3) is 6.54. The largest absolute Gasteiger partial charge is 0.489 e. The summed E-state index contributed by atoms with van der Waals surface area (Å²) in [5, 5.41) is 12.0. The van der Waals surface area contributed by atoms with Gasteiger partial charge in [0.25, 0.3) is 0 Å². The quantitative estimate of drug-likeness (QED) is 0.614. The highest BCUT2D eigenvalue weighted by Gasteiger charge is 2.09. The van der Waals surface area contributed by atoms with Gasteiger partial charge in [-0.25, -0.2) is 0 Å². The lowest BCUT2D eigenvalue weighted by atomic mass is 10.2. The molecule has 114 valence electrons. The van der Waals surface area contributed by atoms with Crippen molar-refractivity contribution in [3.05, 3.63) is 26.6 Å². The Bertz CT molecular complexity index is 390. The van der Waals surface area contributed by atoms with Crippen molar-refractivity contribution < 1.29 is 14.6 Å². The van der Waals surface area contributed by atoms with Gasteiger partial charge in [-0.1, -0.05) is 13.8 Å². The SMILES string of the molecule is CC(C)NCc1cc(Br)c(OCCOCCO)c(Br)c1. The zero-order valence-corrected chi connectivity index (χ0v) is 15.0. The number of nitrogens with one attached hydrogen (secondary N) is 1. The summed E-state index contributed by atoms with van der Waals surface area (Å²) in [6, 6.07) is 4.54. The Hall–Kier alpha value is -0.140. The van der Waals surface area contributed by atoms with Gasteiger partial charge < -0.3 is 19.9 Å². The molecule has 6 heteroatoms. The van der Waals surface area contributed by atoms with E-state index in [0.29, 0.717) is 25.9 Å². The van der Waals surface area contributed by atoms with E-state index in [2.05, 4.69) is 51.0 Å². The molecule has 0 aliphatic carbocycles. The van der Waals surface area contributed by atoms with Crippen LogP contribution in [0.4, 0.5) is 0 Å². The molecule has 0 fully saturated rings. The van der Waals surface area contributed by atoms with E-state index in [1.165, 1.54) is 5.56 Å². The van der Waals surface area contributed by atoms with E-state index >= 15 is 0 Å². The van der Waals surface area contributed by atoms with Crippen LogP contribution in [0.1, 0.15) is 19.4 Å². The van der Waals surface area contributed by atoms with Crippen molar-refractivity contribution in [2.24, 2.45) is 0 Å². The first-order valence-electron chi connectivity index (χ1n) is 6.57. The Labute approximate surface area is 137 Å². The average Bonchev–Trinajstić information content (AvgIpc) is 2.38. The topological polar surface area (TPSA) is 50.7 Å². The molecular formula is C14H21Br2NO3. The zero-order valence-electron chi connectivity index (χ0n) is 11.8. The molecule has 0 aliphatic rings. The van der Waals surface area contributed by atoms with Crippen LogP contribution in [0.5, 0.6) is 5.75 Å². The fourth-order valence-corrected chi connectivity index (χ4v) is 3.05. The van der Waals surface area contributed by atoms with Crippen LogP contribution in [0, 0.1) is 0 Å².